The van der Waals surface area contributed by atoms with Crippen molar-refractivity contribution in [1.82, 2.24) is 15.5 Å². The van der Waals surface area contributed by atoms with Crippen molar-refractivity contribution in [3.63, 3.8) is 0 Å². The van der Waals surface area contributed by atoms with Gasteiger partial charge in [0.2, 0.25) is 0 Å². The topological polar surface area (TPSA) is 74.8 Å². The van der Waals surface area contributed by atoms with E-state index in [1.54, 1.807) is 24.3 Å². The quantitative estimate of drug-likeness (QED) is 0.723. The highest BCUT2D eigenvalue weighted by atomic mass is 19.1. The summed E-state index contributed by atoms with van der Waals surface area (Å²) in [5.74, 6) is -0.951. The monoisotopic (exact) mass is 378 g/mol. The van der Waals surface area contributed by atoms with Crippen LogP contribution >= 0.6 is 0 Å². The van der Waals surface area contributed by atoms with Crippen LogP contribution in [0.5, 0.6) is 0 Å². The van der Waals surface area contributed by atoms with Gasteiger partial charge in [0.1, 0.15) is 5.82 Å². The third-order valence-corrected chi connectivity index (χ3v) is 5.17. The molecule has 0 saturated heterocycles. The van der Waals surface area contributed by atoms with Crippen molar-refractivity contribution >= 4 is 16.7 Å². The lowest BCUT2D eigenvalue weighted by molar-refractivity contribution is 0.0946. The van der Waals surface area contributed by atoms with Crippen molar-refractivity contribution in [2.45, 2.75) is 38.5 Å². The summed E-state index contributed by atoms with van der Waals surface area (Å²) < 4.78 is 14.3. The van der Waals surface area contributed by atoms with E-state index >= 15 is 0 Å². The molecule has 2 aromatic carbocycles. The molecule has 6 heteroatoms. The molecule has 2 N–H and O–H groups in total. The number of hydrogen-bond donors (Lipinski definition) is 2. The first-order valence-electron chi connectivity index (χ1n) is 9.52. The zero-order valence-electron chi connectivity index (χ0n) is 15.4. The Balaban J connectivity index is 1.60. The van der Waals surface area contributed by atoms with E-state index in [1.807, 2.05) is 12.1 Å². The molecule has 0 atom stereocenters. The molecule has 1 saturated carbocycles. The Morgan fingerprint density at radius 3 is 2.61 bits per heavy atom. The Morgan fingerprint density at radius 2 is 1.82 bits per heavy atom. The number of hydrogen-bond acceptors (Lipinski definition) is 3. The van der Waals surface area contributed by atoms with E-state index in [4.69, 9.17) is 0 Å². The van der Waals surface area contributed by atoms with Crippen molar-refractivity contribution < 1.29 is 9.18 Å². The lowest BCUT2D eigenvalue weighted by Gasteiger charge is -2.22. The Labute approximate surface area is 162 Å². The molecule has 0 spiro atoms. The Morgan fingerprint density at radius 1 is 1.07 bits per heavy atom. The van der Waals surface area contributed by atoms with Crippen molar-refractivity contribution in [3.05, 3.63) is 81.5 Å². The van der Waals surface area contributed by atoms with E-state index in [2.05, 4.69) is 15.5 Å². The molecule has 1 radical (unpaired) electrons. The standard InChI is InChI=1S/C22H21FN3O2/c23-19-11-10-14(12-18(19)21(27)24-15-6-2-1-3-7-15)13-20-16-8-4-5-9-17(16)22(28)26-25-20/h4-5,8-12H,1-3,6-7,13H2,(H,24,27)(H,26,28). The number of aromatic amines is 1. The molecule has 0 unspecified atom stereocenters. The van der Waals surface area contributed by atoms with Gasteiger partial charge in [-0.15, -0.1) is 0 Å². The Bertz CT molecular complexity index is 1070. The Hall–Kier alpha value is -3.02. The lowest BCUT2D eigenvalue weighted by atomic mass is 9.95. The Kier molecular flexibility index (Phi) is 5.19. The number of H-pyrrole nitrogens is 1. The molecular weight excluding hydrogens is 357 g/mol. The number of rotatable bonds is 4. The highest BCUT2D eigenvalue weighted by molar-refractivity contribution is 5.95. The lowest BCUT2D eigenvalue weighted by Crippen LogP contribution is -2.30. The van der Waals surface area contributed by atoms with Gasteiger partial charge in [-0.05, 0) is 36.6 Å². The van der Waals surface area contributed by atoms with Crippen LogP contribution in [0.4, 0.5) is 4.39 Å². The second-order valence-electron chi connectivity index (χ2n) is 7.15. The number of benzene rings is 2. The first-order chi connectivity index (χ1) is 13.6. The van der Waals surface area contributed by atoms with Gasteiger partial charge >= 0.3 is 0 Å². The van der Waals surface area contributed by atoms with E-state index in [0.29, 0.717) is 17.5 Å². The number of aromatic nitrogens is 2. The molecule has 1 aromatic heterocycles. The summed E-state index contributed by atoms with van der Waals surface area (Å²) in [6, 6.07) is 12.7. The number of fused-ring (bicyclic) bond motifs is 1. The van der Waals surface area contributed by atoms with Gasteiger partial charge in [0.15, 0.2) is 0 Å². The van der Waals surface area contributed by atoms with Crippen molar-refractivity contribution in [2.24, 2.45) is 0 Å². The summed E-state index contributed by atoms with van der Waals surface area (Å²) in [5, 5.41) is 10.8. The molecule has 1 amide bonds. The maximum atomic E-state index is 14.3. The molecule has 1 aliphatic rings. The summed E-state index contributed by atoms with van der Waals surface area (Å²) >= 11 is 0. The van der Waals surface area contributed by atoms with Gasteiger partial charge < -0.3 is 5.32 Å². The van der Waals surface area contributed by atoms with Crippen LogP contribution in [0.25, 0.3) is 10.8 Å². The third-order valence-electron chi connectivity index (χ3n) is 5.17. The second-order valence-corrected chi connectivity index (χ2v) is 7.15. The minimum absolute atomic E-state index is 0.0318. The zero-order chi connectivity index (χ0) is 19.5. The molecule has 1 heterocycles. The summed E-state index contributed by atoms with van der Waals surface area (Å²) in [7, 11) is 0. The van der Waals surface area contributed by atoms with Crippen LogP contribution < -0.4 is 10.9 Å². The van der Waals surface area contributed by atoms with E-state index in [1.165, 1.54) is 12.5 Å². The van der Waals surface area contributed by atoms with Gasteiger partial charge in [-0.1, -0.05) is 43.5 Å². The van der Waals surface area contributed by atoms with E-state index in [9.17, 15) is 14.0 Å². The molecule has 5 nitrogen and oxygen atoms in total. The largest absolute Gasteiger partial charge is 0.344 e. The van der Waals surface area contributed by atoms with Crippen LogP contribution in [-0.2, 0) is 6.42 Å². The second kappa shape index (κ2) is 7.92. The van der Waals surface area contributed by atoms with Gasteiger partial charge in [-0.2, -0.15) is 5.10 Å². The minimum atomic E-state index is -0.544. The summed E-state index contributed by atoms with van der Waals surface area (Å²) in [5.41, 5.74) is 1.21. The fraction of sp³-hybridized carbons (Fsp3) is 0.273. The van der Waals surface area contributed by atoms with Crippen molar-refractivity contribution in [2.75, 3.05) is 0 Å². The normalized spacial score (nSPS) is 14.9. The number of carbonyl (C=O) groups is 1. The SMILES string of the molecule is O=C(N[C]1CCCCC1)c1cc(Cc2n[nH]c(=O)c3ccccc23)ccc1F. The fourth-order valence-corrected chi connectivity index (χ4v) is 3.69. The maximum Gasteiger partial charge on any atom is 0.272 e. The van der Waals surface area contributed by atoms with E-state index in [0.717, 1.165) is 42.7 Å². The molecule has 143 valence electrons. The van der Waals surface area contributed by atoms with Crippen LogP contribution in [0.1, 0.15) is 53.7 Å². The molecule has 0 aliphatic heterocycles. The summed E-state index contributed by atoms with van der Waals surface area (Å²) in [6.45, 7) is 0. The summed E-state index contributed by atoms with van der Waals surface area (Å²) in [6.07, 6.45) is 5.39. The molecule has 1 aliphatic carbocycles. The predicted molar refractivity (Wildman–Crippen MR) is 105 cm³/mol. The third kappa shape index (κ3) is 3.81. The van der Waals surface area contributed by atoms with Gasteiger partial charge in [0.05, 0.1) is 22.7 Å². The molecule has 3 aromatic rings. The number of halogens is 1. The van der Waals surface area contributed by atoms with Gasteiger partial charge in [-0.3, -0.25) is 9.59 Å². The van der Waals surface area contributed by atoms with Gasteiger partial charge in [0.25, 0.3) is 11.5 Å². The van der Waals surface area contributed by atoms with Crippen LogP contribution in [0.15, 0.2) is 47.3 Å². The number of carbonyl (C=O) groups excluding carboxylic acids is 1. The smallest absolute Gasteiger partial charge is 0.272 e. The fourth-order valence-electron chi connectivity index (χ4n) is 3.69. The van der Waals surface area contributed by atoms with Crippen molar-refractivity contribution in [1.29, 1.82) is 0 Å². The van der Waals surface area contributed by atoms with E-state index in [-0.39, 0.29) is 11.1 Å². The maximum absolute atomic E-state index is 14.3. The predicted octanol–water partition coefficient (Wildman–Crippen LogP) is 3.88. The molecule has 4 rings (SSSR count). The van der Waals surface area contributed by atoms with Gasteiger partial charge in [0, 0.05) is 11.8 Å². The van der Waals surface area contributed by atoms with Crippen LogP contribution in [-0.4, -0.2) is 16.1 Å². The first kappa shape index (κ1) is 18.3. The van der Waals surface area contributed by atoms with Crippen LogP contribution in [0.2, 0.25) is 0 Å². The highest BCUT2D eigenvalue weighted by Gasteiger charge is 2.20. The average Bonchev–Trinajstić information content (AvgIpc) is 2.72. The first-order valence-corrected chi connectivity index (χ1v) is 9.52. The molecule has 28 heavy (non-hydrogen) atoms. The number of amides is 1. The highest BCUT2D eigenvalue weighted by Crippen LogP contribution is 2.24. The molecule has 1 fully saturated rings. The van der Waals surface area contributed by atoms with E-state index < -0.39 is 11.7 Å². The van der Waals surface area contributed by atoms with Crippen LogP contribution in [0.3, 0.4) is 0 Å². The van der Waals surface area contributed by atoms with Gasteiger partial charge in [-0.25, -0.2) is 9.49 Å². The van der Waals surface area contributed by atoms with Crippen molar-refractivity contribution in [3.8, 4) is 0 Å². The average molecular weight is 378 g/mol. The number of nitrogens with zero attached hydrogens (tertiary/aromatic N) is 1. The molecular formula is C22H21FN3O2. The summed E-state index contributed by atoms with van der Waals surface area (Å²) in [4.78, 5) is 24.5. The minimum Gasteiger partial charge on any atom is -0.344 e. The van der Waals surface area contributed by atoms with Crippen LogP contribution in [0, 0.1) is 11.9 Å². The number of nitrogens with one attached hydrogen (secondary N) is 2. The molecule has 0 bridgehead atoms. The zero-order valence-corrected chi connectivity index (χ0v) is 15.4.